The van der Waals surface area contributed by atoms with Crippen LogP contribution in [0.2, 0.25) is 5.02 Å². The number of halogens is 1. The highest BCUT2D eigenvalue weighted by atomic mass is 35.5. The highest BCUT2D eigenvalue weighted by Gasteiger charge is 2.44. The Kier molecular flexibility index (Phi) is 8.50. The first-order valence-corrected chi connectivity index (χ1v) is 12.7. The Bertz CT molecular complexity index is 1110. The topological polar surface area (TPSA) is 70.2 Å². The number of carbonyl (C=O) groups excluding carboxylic acids is 1. The van der Waals surface area contributed by atoms with Crippen LogP contribution in [-0.4, -0.2) is 54.5 Å². The molecule has 0 bridgehead atoms. The quantitative estimate of drug-likeness (QED) is 0.393. The SMILES string of the molecule is CN(C)CCNCc1ncc(C(=O)NCCc2ccccc2)c(C2(c3ccc(Cl)cc3)CCC2)n1. The molecule has 0 saturated heterocycles. The van der Waals surface area contributed by atoms with Crippen LogP contribution in [0, 0.1) is 0 Å². The lowest BCUT2D eigenvalue weighted by Gasteiger charge is -2.43. The second kappa shape index (κ2) is 11.8. The van der Waals surface area contributed by atoms with Gasteiger partial charge in [-0.05, 0) is 56.6 Å². The van der Waals surface area contributed by atoms with E-state index in [4.69, 9.17) is 16.6 Å². The number of aromatic nitrogens is 2. The molecule has 1 aromatic heterocycles. The van der Waals surface area contributed by atoms with Crippen molar-refractivity contribution in [2.24, 2.45) is 0 Å². The third-order valence-electron chi connectivity index (χ3n) is 6.70. The highest BCUT2D eigenvalue weighted by Crippen LogP contribution is 2.49. The van der Waals surface area contributed by atoms with Gasteiger partial charge in [-0.1, -0.05) is 60.5 Å². The lowest BCUT2D eigenvalue weighted by molar-refractivity contribution is 0.0949. The first-order valence-electron chi connectivity index (χ1n) is 12.3. The van der Waals surface area contributed by atoms with E-state index in [0.29, 0.717) is 29.5 Å². The van der Waals surface area contributed by atoms with E-state index in [0.717, 1.165) is 50.0 Å². The van der Waals surface area contributed by atoms with E-state index in [1.54, 1.807) is 6.20 Å². The molecule has 1 aliphatic rings. The third kappa shape index (κ3) is 6.26. The average Bonchev–Trinajstić information content (AvgIpc) is 2.83. The summed E-state index contributed by atoms with van der Waals surface area (Å²) in [6.45, 7) is 2.90. The molecule has 7 heteroatoms. The number of amides is 1. The molecule has 1 aliphatic carbocycles. The monoisotopic (exact) mass is 491 g/mol. The van der Waals surface area contributed by atoms with Gasteiger partial charge in [-0.15, -0.1) is 0 Å². The van der Waals surface area contributed by atoms with E-state index in [9.17, 15) is 4.79 Å². The fourth-order valence-corrected chi connectivity index (χ4v) is 4.69. The summed E-state index contributed by atoms with van der Waals surface area (Å²) in [7, 11) is 4.10. The maximum atomic E-state index is 13.3. The molecule has 0 aliphatic heterocycles. The Balaban J connectivity index is 1.58. The molecule has 0 spiro atoms. The molecule has 6 nitrogen and oxygen atoms in total. The minimum Gasteiger partial charge on any atom is -0.352 e. The number of benzene rings is 2. The van der Waals surface area contributed by atoms with Gasteiger partial charge in [-0.25, -0.2) is 9.97 Å². The van der Waals surface area contributed by atoms with E-state index in [2.05, 4.69) is 44.8 Å². The molecule has 2 N–H and O–H groups in total. The van der Waals surface area contributed by atoms with Crippen LogP contribution in [0.25, 0.3) is 0 Å². The Morgan fingerprint density at radius 1 is 1.06 bits per heavy atom. The molecular weight excluding hydrogens is 458 g/mol. The molecule has 1 fully saturated rings. The number of nitrogens with one attached hydrogen (secondary N) is 2. The van der Waals surface area contributed by atoms with Gasteiger partial charge in [0.2, 0.25) is 0 Å². The van der Waals surface area contributed by atoms with Crippen LogP contribution in [-0.2, 0) is 18.4 Å². The second-order valence-corrected chi connectivity index (χ2v) is 9.90. The summed E-state index contributed by atoms with van der Waals surface area (Å²) in [5, 5.41) is 7.21. The molecule has 1 heterocycles. The van der Waals surface area contributed by atoms with Crippen molar-refractivity contribution >= 4 is 17.5 Å². The van der Waals surface area contributed by atoms with Crippen molar-refractivity contribution in [2.45, 2.75) is 37.6 Å². The summed E-state index contributed by atoms with van der Waals surface area (Å²) in [6, 6.07) is 18.1. The van der Waals surface area contributed by atoms with Crippen molar-refractivity contribution < 1.29 is 4.79 Å². The zero-order valence-corrected chi connectivity index (χ0v) is 21.3. The highest BCUT2D eigenvalue weighted by molar-refractivity contribution is 6.30. The van der Waals surface area contributed by atoms with Crippen molar-refractivity contribution in [1.29, 1.82) is 0 Å². The summed E-state index contributed by atoms with van der Waals surface area (Å²) in [4.78, 5) is 25.0. The van der Waals surface area contributed by atoms with Gasteiger partial charge in [-0.2, -0.15) is 0 Å². The molecule has 1 amide bonds. The van der Waals surface area contributed by atoms with Crippen LogP contribution in [0.3, 0.4) is 0 Å². The van der Waals surface area contributed by atoms with Gasteiger partial charge in [0.1, 0.15) is 5.82 Å². The van der Waals surface area contributed by atoms with E-state index >= 15 is 0 Å². The molecule has 2 aromatic carbocycles. The average molecular weight is 492 g/mol. The number of rotatable bonds is 11. The van der Waals surface area contributed by atoms with Gasteiger partial charge in [-0.3, -0.25) is 4.79 Å². The Morgan fingerprint density at radius 2 is 1.80 bits per heavy atom. The molecule has 184 valence electrons. The molecule has 4 rings (SSSR count). The van der Waals surface area contributed by atoms with Gasteiger partial charge in [0.25, 0.3) is 5.91 Å². The minimum atomic E-state index is -0.294. The smallest absolute Gasteiger partial charge is 0.254 e. The van der Waals surface area contributed by atoms with Crippen LogP contribution in [0.5, 0.6) is 0 Å². The first kappa shape index (κ1) is 25.3. The zero-order chi connectivity index (χ0) is 24.7. The third-order valence-corrected chi connectivity index (χ3v) is 6.95. The number of carbonyl (C=O) groups is 1. The zero-order valence-electron chi connectivity index (χ0n) is 20.6. The lowest BCUT2D eigenvalue weighted by atomic mass is 9.61. The molecule has 35 heavy (non-hydrogen) atoms. The Hall–Kier alpha value is -2.80. The summed E-state index contributed by atoms with van der Waals surface area (Å²) in [6.07, 6.45) is 5.48. The molecule has 0 atom stereocenters. The number of nitrogens with zero attached hydrogens (tertiary/aromatic N) is 3. The molecular formula is C28H34ClN5O. The molecule has 3 aromatic rings. The van der Waals surface area contributed by atoms with Gasteiger partial charge < -0.3 is 15.5 Å². The summed E-state index contributed by atoms with van der Waals surface area (Å²) >= 11 is 6.18. The van der Waals surface area contributed by atoms with E-state index < -0.39 is 0 Å². The van der Waals surface area contributed by atoms with Crippen LogP contribution in [0.4, 0.5) is 0 Å². The fraction of sp³-hybridized carbons (Fsp3) is 0.393. The van der Waals surface area contributed by atoms with Gasteiger partial charge in [0.05, 0.1) is 17.8 Å². The maximum absolute atomic E-state index is 13.3. The van der Waals surface area contributed by atoms with Crippen molar-refractivity contribution in [2.75, 3.05) is 33.7 Å². The Labute approximate surface area is 213 Å². The fourth-order valence-electron chi connectivity index (χ4n) is 4.56. The summed E-state index contributed by atoms with van der Waals surface area (Å²) in [5.41, 5.74) is 3.43. The summed E-state index contributed by atoms with van der Waals surface area (Å²) < 4.78 is 0. The van der Waals surface area contributed by atoms with Crippen molar-refractivity contribution in [3.05, 3.63) is 94.0 Å². The lowest BCUT2D eigenvalue weighted by Crippen LogP contribution is -2.40. The minimum absolute atomic E-state index is 0.122. The normalized spacial score (nSPS) is 14.5. The van der Waals surface area contributed by atoms with Crippen LogP contribution in [0.15, 0.2) is 60.8 Å². The summed E-state index contributed by atoms with van der Waals surface area (Å²) in [5.74, 6) is 0.586. The van der Waals surface area contributed by atoms with Gasteiger partial charge in [0.15, 0.2) is 0 Å². The predicted molar refractivity (Wildman–Crippen MR) is 141 cm³/mol. The Morgan fingerprint density at radius 3 is 2.46 bits per heavy atom. The van der Waals surface area contributed by atoms with Crippen molar-refractivity contribution in [3.8, 4) is 0 Å². The molecule has 0 unspecified atom stereocenters. The van der Waals surface area contributed by atoms with Crippen molar-refractivity contribution in [1.82, 2.24) is 25.5 Å². The van der Waals surface area contributed by atoms with Crippen LogP contribution in [0.1, 0.15) is 52.3 Å². The largest absolute Gasteiger partial charge is 0.352 e. The number of likely N-dealkylation sites (N-methyl/N-ethyl adjacent to an activating group) is 1. The van der Waals surface area contributed by atoms with E-state index in [1.165, 1.54) is 5.56 Å². The predicted octanol–water partition coefficient (Wildman–Crippen LogP) is 4.22. The standard InChI is InChI=1S/C28H34ClN5O/c1-34(2)18-17-30-20-25-32-19-24(27(35)31-16-13-21-7-4-3-5-8-21)26(33-25)28(14-6-15-28)22-9-11-23(29)12-10-22/h3-5,7-12,19,30H,6,13-18,20H2,1-2H3,(H,31,35). The van der Waals surface area contributed by atoms with Gasteiger partial charge >= 0.3 is 0 Å². The molecule has 0 radical (unpaired) electrons. The van der Waals surface area contributed by atoms with Crippen LogP contribution >= 0.6 is 11.6 Å². The molecule has 1 saturated carbocycles. The first-order chi connectivity index (χ1) is 17.0. The van der Waals surface area contributed by atoms with E-state index in [-0.39, 0.29) is 11.3 Å². The number of hydrogen-bond acceptors (Lipinski definition) is 5. The van der Waals surface area contributed by atoms with Gasteiger partial charge in [0, 0.05) is 36.3 Å². The maximum Gasteiger partial charge on any atom is 0.254 e. The van der Waals surface area contributed by atoms with Crippen molar-refractivity contribution in [3.63, 3.8) is 0 Å². The number of hydrogen-bond donors (Lipinski definition) is 2. The second-order valence-electron chi connectivity index (χ2n) is 9.46. The van der Waals surface area contributed by atoms with E-state index in [1.807, 2.05) is 44.4 Å². The van der Waals surface area contributed by atoms with Crippen LogP contribution < -0.4 is 10.6 Å².